The van der Waals surface area contributed by atoms with Crippen LogP contribution in [0.5, 0.6) is 0 Å². The van der Waals surface area contributed by atoms with Gasteiger partial charge < -0.3 is 5.32 Å². The molecule has 218 valence electrons. The molecule has 0 unspecified atom stereocenters. The van der Waals surface area contributed by atoms with Crippen molar-refractivity contribution in [1.29, 1.82) is 0 Å². The summed E-state index contributed by atoms with van der Waals surface area (Å²) in [6, 6.07) is 0. The smallest absolute Gasteiger partial charge is 0.351 e. The molecule has 5 nitrogen and oxygen atoms in total. The van der Waals surface area contributed by atoms with E-state index >= 15 is 0 Å². The number of carbonyl (C=O) groups excluding carboxylic acids is 3. The first-order valence-corrected chi connectivity index (χ1v) is 9.59. The van der Waals surface area contributed by atoms with Gasteiger partial charge >= 0.3 is 41.7 Å². The number of nitrogens with zero attached hydrogens (tertiary/aromatic N) is 1. The minimum Gasteiger partial charge on any atom is -0.351 e. The third kappa shape index (κ3) is 4.92. The van der Waals surface area contributed by atoms with Crippen LogP contribution in [0.25, 0.3) is 0 Å². The summed E-state index contributed by atoms with van der Waals surface area (Å²) in [7, 11) is 0. The average molecular weight is 590 g/mol. The molecule has 3 amide bonds. The molecule has 0 aromatic rings. The van der Waals surface area contributed by atoms with E-state index in [2.05, 4.69) is 6.58 Å². The zero-order valence-corrected chi connectivity index (χ0v) is 18.0. The molecule has 0 fully saturated rings. The van der Waals surface area contributed by atoms with Gasteiger partial charge in [0.2, 0.25) is 0 Å². The van der Waals surface area contributed by atoms with Gasteiger partial charge in [-0.25, -0.2) is 0 Å². The summed E-state index contributed by atoms with van der Waals surface area (Å²) < 4.78 is 197. The summed E-state index contributed by atoms with van der Waals surface area (Å²) in [6.07, 6.45) is -6.80. The standard InChI is InChI=1S/C18H13F15N2O3/c1-2-8-7-9(36)35(10(8)37)6-4-3-5-34-11(38)12(19,20)13(21,22)14(23,24)15(25,26)16(27,28)17(29,30)18(31,32)33/h2,7H,1,3-6H2,(H,34,38). The SMILES string of the molecule is C=CC1=CC(=O)N(CCCCNC(=O)C(F)(F)C(F)(F)C(F)(F)C(F)(F)C(F)(F)C(F)(F)C(F)(F)F)C1=O. The molecule has 1 N–H and O–H groups in total. The predicted molar refractivity (Wildman–Crippen MR) is 93.0 cm³/mol. The fourth-order valence-corrected chi connectivity index (χ4v) is 2.70. The van der Waals surface area contributed by atoms with E-state index in [-0.39, 0.29) is 12.0 Å². The molecule has 20 heteroatoms. The molecule has 0 radical (unpaired) electrons. The number of carbonyl (C=O) groups is 3. The van der Waals surface area contributed by atoms with Gasteiger partial charge in [0.05, 0.1) is 0 Å². The van der Waals surface area contributed by atoms with Crippen molar-refractivity contribution in [3.63, 3.8) is 0 Å². The predicted octanol–water partition coefficient (Wildman–Crippen LogP) is 4.74. The second-order valence-electron chi connectivity index (χ2n) is 7.51. The molecule has 1 aliphatic rings. The Morgan fingerprint density at radius 3 is 1.63 bits per heavy atom. The first kappa shape index (κ1) is 33.1. The number of amides is 3. The van der Waals surface area contributed by atoms with Gasteiger partial charge in [-0.15, -0.1) is 0 Å². The topological polar surface area (TPSA) is 66.5 Å². The van der Waals surface area contributed by atoms with Gasteiger partial charge in [0.1, 0.15) is 0 Å². The van der Waals surface area contributed by atoms with Crippen LogP contribution in [0.2, 0.25) is 0 Å². The van der Waals surface area contributed by atoms with Gasteiger partial charge in [0.15, 0.2) is 0 Å². The van der Waals surface area contributed by atoms with Crippen molar-refractivity contribution in [2.75, 3.05) is 13.1 Å². The van der Waals surface area contributed by atoms with Crippen LogP contribution in [0.15, 0.2) is 24.3 Å². The van der Waals surface area contributed by atoms with E-state index in [1.807, 2.05) is 0 Å². The molecule has 0 saturated carbocycles. The maximum Gasteiger partial charge on any atom is 0.460 e. The van der Waals surface area contributed by atoms with Crippen molar-refractivity contribution < 1.29 is 80.2 Å². The summed E-state index contributed by atoms with van der Waals surface area (Å²) in [6.45, 7) is 1.61. The molecule has 0 bridgehead atoms. The van der Waals surface area contributed by atoms with Gasteiger partial charge in [-0.3, -0.25) is 19.3 Å². The van der Waals surface area contributed by atoms with E-state index in [1.54, 1.807) is 0 Å². The molecule has 0 aromatic carbocycles. The molecule has 0 aromatic heterocycles. The number of alkyl halides is 15. The minimum absolute atomic E-state index is 0.138. The Kier molecular flexibility index (Phi) is 8.68. The van der Waals surface area contributed by atoms with Gasteiger partial charge in [-0.1, -0.05) is 12.7 Å². The molecule has 0 atom stereocenters. The van der Waals surface area contributed by atoms with Crippen LogP contribution in [-0.4, -0.2) is 77.4 Å². The van der Waals surface area contributed by atoms with Crippen LogP contribution >= 0.6 is 0 Å². The Bertz CT molecular complexity index is 1000. The molecule has 0 spiro atoms. The molecule has 1 rings (SSSR count). The second-order valence-corrected chi connectivity index (χ2v) is 7.51. The Hall–Kier alpha value is -2.96. The monoisotopic (exact) mass is 590 g/mol. The Labute approximate surface area is 201 Å². The van der Waals surface area contributed by atoms with E-state index in [4.69, 9.17) is 0 Å². The lowest BCUT2D eigenvalue weighted by Crippen LogP contribution is -2.74. The normalized spacial score (nSPS) is 16.6. The molecule has 38 heavy (non-hydrogen) atoms. The summed E-state index contributed by atoms with van der Waals surface area (Å²) in [4.78, 5) is 35.2. The highest BCUT2D eigenvalue weighted by atomic mass is 19.4. The van der Waals surface area contributed by atoms with E-state index in [0.29, 0.717) is 4.90 Å². The summed E-state index contributed by atoms with van der Waals surface area (Å²) in [5, 5.41) is 0.833. The van der Waals surface area contributed by atoms with Crippen LogP contribution in [0.3, 0.4) is 0 Å². The van der Waals surface area contributed by atoms with Crippen molar-refractivity contribution in [2.45, 2.75) is 54.6 Å². The Morgan fingerprint density at radius 2 is 1.21 bits per heavy atom. The largest absolute Gasteiger partial charge is 0.460 e. The lowest BCUT2D eigenvalue weighted by atomic mass is 9.91. The Balaban J connectivity index is 3.00. The fourth-order valence-electron chi connectivity index (χ4n) is 2.70. The number of hydrogen-bond acceptors (Lipinski definition) is 3. The molecular weight excluding hydrogens is 577 g/mol. The van der Waals surface area contributed by atoms with Gasteiger partial charge in [-0.05, 0) is 12.8 Å². The third-order valence-electron chi connectivity index (χ3n) is 4.96. The van der Waals surface area contributed by atoms with Gasteiger partial charge in [0, 0.05) is 24.7 Å². The van der Waals surface area contributed by atoms with E-state index in [0.717, 1.165) is 17.5 Å². The van der Waals surface area contributed by atoms with Crippen molar-refractivity contribution in [3.05, 3.63) is 24.3 Å². The van der Waals surface area contributed by atoms with Gasteiger partial charge in [-0.2, -0.15) is 65.9 Å². The van der Waals surface area contributed by atoms with Crippen LogP contribution in [0.4, 0.5) is 65.9 Å². The third-order valence-corrected chi connectivity index (χ3v) is 4.96. The first-order chi connectivity index (χ1) is 16.8. The summed E-state index contributed by atoms with van der Waals surface area (Å²) >= 11 is 0. The highest BCUT2D eigenvalue weighted by Crippen LogP contribution is 2.62. The van der Waals surface area contributed by atoms with Gasteiger partial charge in [0.25, 0.3) is 17.7 Å². The van der Waals surface area contributed by atoms with Crippen molar-refractivity contribution >= 4 is 17.7 Å². The molecule has 1 aliphatic heterocycles. The van der Waals surface area contributed by atoms with E-state index < -0.39 is 78.9 Å². The van der Waals surface area contributed by atoms with Crippen molar-refractivity contribution in [3.8, 4) is 0 Å². The average Bonchev–Trinajstić information content (AvgIpc) is 3.04. The summed E-state index contributed by atoms with van der Waals surface area (Å²) in [5.74, 6) is -53.6. The number of imide groups is 1. The zero-order valence-electron chi connectivity index (χ0n) is 18.0. The second kappa shape index (κ2) is 9.97. The number of halogens is 15. The van der Waals surface area contributed by atoms with Crippen LogP contribution < -0.4 is 5.32 Å². The minimum atomic E-state index is -8.49. The number of nitrogens with one attached hydrogen (secondary N) is 1. The Morgan fingerprint density at radius 1 is 0.763 bits per heavy atom. The number of rotatable bonds is 12. The maximum atomic E-state index is 13.7. The van der Waals surface area contributed by atoms with Crippen molar-refractivity contribution in [2.24, 2.45) is 0 Å². The first-order valence-electron chi connectivity index (χ1n) is 9.59. The van der Waals surface area contributed by atoms with Crippen LogP contribution in [-0.2, 0) is 14.4 Å². The fraction of sp³-hybridized carbons (Fsp3) is 0.611. The van der Waals surface area contributed by atoms with Crippen molar-refractivity contribution in [1.82, 2.24) is 10.2 Å². The summed E-state index contributed by atoms with van der Waals surface area (Å²) in [5.41, 5.74) is -0.138. The zero-order chi connectivity index (χ0) is 30.3. The van der Waals surface area contributed by atoms with E-state index in [9.17, 15) is 80.2 Å². The lowest BCUT2D eigenvalue weighted by Gasteiger charge is -2.41. The molecule has 0 saturated heterocycles. The highest BCUT2D eigenvalue weighted by molar-refractivity contribution is 6.17. The lowest BCUT2D eigenvalue weighted by molar-refractivity contribution is -0.449. The quantitative estimate of drug-likeness (QED) is 0.203. The molecular formula is C18H13F15N2O3. The van der Waals surface area contributed by atoms with E-state index in [1.165, 1.54) is 0 Å². The van der Waals surface area contributed by atoms with Crippen LogP contribution in [0, 0.1) is 0 Å². The highest BCUT2D eigenvalue weighted by Gasteiger charge is 2.94. The maximum absolute atomic E-state index is 13.7. The van der Waals surface area contributed by atoms with Crippen LogP contribution in [0.1, 0.15) is 12.8 Å². The molecule has 1 heterocycles. The number of hydrogen-bond donors (Lipinski definition) is 1. The molecule has 0 aliphatic carbocycles. The number of unbranched alkanes of at least 4 members (excludes halogenated alkanes) is 1.